The molecule has 0 amide bonds. The summed E-state index contributed by atoms with van der Waals surface area (Å²) in [6.45, 7) is 5.22. The second-order valence-electron chi connectivity index (χ2n) is 3.69. The maximum absolute atomic E-state index is 12.8. The molecular weight excluding hydrogens is 213 g/mol. The molecule has 0 spiro atoms. The highest BCUT2D eigenvalue weighted by molar-refractivity contribution is 6.33. The molecular formula is C12H17ClFN. The van der Waals surface area contributed by atoms with Crippen LogP contribution >= 0.6 is 11.6 Å². The van der Waals surface area contributed by atoms with Crippen molar-refractivity contribution in [2.75, 3.05) is 11.9 Å². The molecule has 0 radical (unpaired) electrons. The van der Waals surface area contributed by atoms with Crippen molar-refractivity contribution in [2.24, 2.45) is 5.92 Å². The van der Waals surface area contributed by atoms with Crippen LogP contribution in [0.1, 0.15) is 26.7 Å². The fraction of sp³-hybridized carbons (Fsp3) is 0.500. The van der Waals surface area contributed by atoms with E-state index in [-0.39, 0.29) is 5.82 Å². The van der Waals surface area contributed by atoms with E-state index in [0.717, 1.165) is 25.1 Å². The summed E-state index contributed by atoms with van der Waals surface area (Å²) in [5.41, 5.74) is 0.810. The summed E-state index contributed by atoms with van der Waals surface area (Å²) in [5, 5.41) is 3.69. The van der Waals surface area contributed by atoms with E-state index in [1.54, 1.807) is 6.07 Å². The third-order valence-electron chi connectivity index (χ3n) is 2.67. The van der Waals surface area contributed by atoms with Gasteiger partial charge in [0.25, 0.3) is 0 Å². The average Bonchev–Trinajstić information content (AvgIpc) is 2.22. The summed E-state index contributed by atoms with van der Waals surface area (Å²) >= 11 is 5.90. The number of hydrogen-bond donors (Lipinski definition) is 1. The summed E-state index contributed by atoms with van der Waals surface area (Å²) in [5.74, 6) is 0.346. The zero-order valence-corrected chi connectivity index (χ0v) is 9.94. The van der Waals surface area contributed by atoms with Crippen LogP contribution in [0, 0.1) is 11.7 Å². The van der Waals surface area contributed by atoms with Gasteiger partial charge >= 0.3 is 0 Å². The lowest BCUT2D eigenvalue weighted by Gasteiger charge is -2.15. The van der Waals surface area contributed by atoms with Gasteiger partial charge in [0.05, 0.1) is 10.7 Å². The molecule has 0 saturated carbocycles. The SMILES string of the molecule is CCC(CC)CNc1ccc(F)cc1Cl. The lowest BCUT2D eigenvalue weighted by molar-refractivity contribution is 0.519. The lowest BCUT2D eigenvalue weighted by Crippen LogP contribution is -2.12. The van der Waals surface area contributed by atoms with Gasteiger partial charge in [-0.15, -0.1) is 0 Å². The van der Waals surface area contributed by atoms with Crippen molar-refractivity contribution in [2.45, 2.75) is 26.7 Å². The Morgan fingerprint density at radius 3 is 2.53 bits per heavy atom. The van der Waals surface area contributed by atoms with E-state index >= 15 is 0 Å². The van der Waals surface area contributed by atoms with Gasteiger partial charge in [-0.3, -0.25) is 0 Å². The van der Waals surface area contributed by atoms with E-state index in [2.05, 4.69) is 19.2 Å². The minimum absolute atomic E-state index is 0.298. The Labute approximate surface area is 95.6 Å². The van der Waals surface area contributed by atoms with Crippen LogP contribution in [0.4, 0.5) is 10.1 Å². The monoisotopic (exact) mass is 229 g/mol. The zero-order chi connectivity index (χ0) is 11.3. The molecule has 0 heterocycles. The molecule has 1 N–H and O–H groups in total. The molecule has 1 aromatic carbocycles. The average molecular weight is 230 g/mol. The Bertz CT molecular complexity index is 310. The number of anilines is 1. The molecule has 0 fully saturated rings. The van der Waals surface area contributed by atoms with E-state index in [4.69, 9.17) is 11.6 Å². The van der Waals surface area contributed by atoms with Crippen LogP contribution in [0.25, 0.3) is 0 Å². The van der Waals surface area contributed by atoms with E-state index < -0.39 is 0 Å². The van der Waals surface area contributed by atoms with Crippen molar-refractivity contribution in [3.05, 3.63) is 29.0 Å². The normalized spacial score (nSPS) is 10.7. The third kappa shape index (κ3) is 3.71. The van der Waals surface area contributed by atoms with E-state index in [9.17, 15) is 4.39 Å². The largest absolute Gasteiger partial charge is 0.384 e. The molecule has 0 aromatic heterocycles. The maximum Gasteiger partial charge on any atom is 0.124 e. The first kappa shape index (κ1) is 12.3. The topological polar surface area (TPSA) is 12.0 Å². The van der Waals surface area contributed by atoms with Crippen LogP contribution in [0.5, 0.6) is 0 Å². The lowest BCUT2D eigenvalue weighted by atomic mass is 10.0. The van der Waals surface area contributed by atoms with Crippen molar-refractivity contribution >= 4 is 17.3 Å². The van der Waals surface area contributed by atoms with E-state index in [1.165, 1.54) is 12.1 Å². The van der Waals surface area contributed by atoms with Crippen molar-refractivity contribution < 1.29 is 4.39 Å². The second-order valence-corrected chi connectivity index (χ2v) is 4.09. The number of hydrogen-bond acceptors (Lipinski definition) is 1. The summed E-state index contributed by atoms with van der Waals surface area (Å²) in [6.07, 6.45) is 2.28. The van der Waals surface area contributed by atoms with Crippen molar-refractivity contribution in [3.8, 4) is 0 Å². The van der Waals surface area contributed by atoms with Crippen molar-refractivity contribution in [3.63, 3.8) is 0 Å². The molecule has 0 atom stereocenters. The Balaban J connectivity index is 2.57. The summed E-state index contributed by atoms with van der Waals surface area (Å²) in [4.78, 5) is 0. The van der Waals surface area contributed by atoms with Crippen molar-refractivity contribution in [1.82, 2.24) is 0 Å². The number of benzene rings is 1. The van der Waals surface area contributed by atoms with Crippen molar-refractivity contribution in [1.29, 1.82) is 0 Å². The third-order valence-corrected chi connectivity index (χ3v) is 2.98. The Kier molecular flexibility index (Phi) is 4.89. The number of halogens is 2. The molecule has 0 aliphatic carbocycles. The van der Waals surface area contributed by atoms with Gasteiger partial charge < -0.3 is 5.32 Å². The molecule has 0 aliphatic heterocycles. The molecule has 3 heteroatoms. The zero-order valence-electron chi connectivity index (χ0n) is 9.19. The Morgan fingerprint density at radius 2 is 2.00 bits per heavy atom. The van der Waals surface area contributed by atoms with Gasteiger partial charge in [-0.2, -0.15) is 0 Å². The minimum atomic E-state index is -0.298. The summed E-state index contributed by atoms with van der Waals surface area (Å²) in [6, 6.07) is 4.43. The molecule has 0 bridgehead atoms. The quantitative estimate of drug-likeness (QED) is 0.793. The van der Waals surface area contributed by atoms with Crippen LogP contribution in [0.3, 0.4) is 0 Å². The van der Waals surface area contributed by atoms with Gasteiger partial charge in [-0.05, 0) is 24.1 Å². The highest BCUT2D eigenvalue weighted by Crippen LogP contribution is 2.23. The maximum atomic E-state index is 12.8. The van der Waals surface area contributed by atoms with Gasteiger partial charge in [-0.25, -0.2) is 4.39 Å². The molecule has 84 valence electrons. The van der Waals surface area contributed by atoms with Crippen LogP contribution in [0.15, 0.2) is 18.2 Å². The van der Waals surface area contributed by atoms with Gasteiger partial charge in [0.2, 0.25) is 0 Å². The fourth-order valence-electron chi connectivity index (χ4n) is 1.46. The van der Waals surface area contributed by atoms with Crippen LogP contribution in [-0.2, 0) is 0 Å². The van der Waals surface area contributed by atoms with Gasteiger partial charge in [-0.1, -0.05) is 38.3 Å². The molecule has 1 rings (SSSR count). The Hall–Kier alpha value is -0.760. The number of rotatable bonds is 5. The standard InChI is InChI=1S/C12H17ClFN/c1-3-9(4-2)8-15-12-6-5-10(14)7-11(12)13/h5-7,9,15H,3-4,8H2,1-2H3. The highest BCUT2D eigenvalue weighted by atomic mass is 35.5. The first-order chi connectivity index (χ1) is 7.17. The predicted molar refractivity (Wildman–Crippen MR) is 64.0 cm³/mol. The van der Waals surface area contributed by atoms with Gasteiger partial charge in [0.1, 0.15) is 5.82 Å². The first-order valence-corrected chi connectivity index (χ1v) is 5.74. The number of nitrogens with one attached hydrogen (secondary N) is 1. The molecule has 15 heavy (non-hydrogen) atoms. The summed E-state index contributed by atoms with van der Waals surface area (Å²) in [7, 11) is 0. The van der Waals surface area contributed by atoms with Gasteiger partial charge in [0.15, 0.2) is 0 Å². The van der Waals surface area contributed by atoms with E-state index in [1.807, 2.05) is 0 Å². The van der Waals surface area contributed by atoms with Crippen LogP contribution in [-0.4, -0.2) is 6.54 Å². The van der Waals surface area contributed by atoms with Crippen LogP contribution < -0.4 is 5.32 Å². The van der Waals surface area contributed by atoms with Crippen LogP contribution in [0.2, 0.25) is 5.02 Å². The molecule has 0 aliphatic rings. The smallest absolute Gasteiger partial charge is 0.124 e. The molecule has 1 aromatic rings. The molecule has 0 saturated heterocycles. The predicted octanol–water partition coefficient (Wildman–Crippen LogP) is 4.33. The molecule has 0 unspecified atom stereocenters. The Morgan fingerprint density at radius 1 is 1.33 bits per heavy atom. The highest BCUT2D eigenvalue weighted by Gasteiger charge is 2.05. The molecule has 1 nitrogen and oxygen atoms in total. The summed E-state index contributed by atoms with van der Waals surface area (Å²) < 4.78 is 12.8. The van der Waals surface area contributed by atoms with E-state index in [0.29, 0.717) is 10.9 Å². The second kappa shape index (κ2) is 5.96. The fourth-order valence-corrected chi connectivity index (χ4v) is 1.70. The van der Waals surface area contributed by atoms with Gasteiger partial charge in [0, 0.05) is 6.54 Å². The first-order valence-electron chi connectivity index (χ1n) is 5.36. The minimum Gasteiger partial charge on any atom is -0.384 e.